The van der Waals surface area contributed by atoms with Gasteiger partial charge in [0.2, 0.25) is 0 Å². The van der Waals surface area contributed by atoms with E-state index < -0.39 is 0 Å². The highest BCUT2D eigenvalue weighted by Gasteiger charge is 2.11. The molecule has 1 heteroatoms. The second kappa shape index (κ2) is 7.44. The third-order valence-corrected chi connectivity index (χ3v) is 3.93. The molecule has 108 valence electrons. The lowest BCUT2D eigenvalue weighted by Gasteiger charge is -2.20. The van der Waals surface area contributed by atoms with Crippen molar-refractivity contribution in [3.05, 3.63) is 48.0 Å². The van der Waals surface area contributed by atoms with Crippen molar-refractivity contribution in [2.45, 2.75) is 46.1 Å². The normalized spacial score (nSPS) is 13.0. The molecule has 2 aromatic carbocycles. The van der Waals surface area contributed by atoms with E-state index >= 15 is 0 Å². The van der Waals surface area contributed by atoms with Crippen LogP contribution < -0.4 is 5.32 Å². The molecule has 1 atom stereocenters. The SMILES string of the molecule is CCNC(CCC(C)C)Cc1cccc2ccccc12. The molecule has 20 heavy (non-hydrogen) atoms. The zero-order valence-corrected chi connectivity index (χ0v) is 13.0. The number of rotatable bonds is 7. The second-order valence-corrected chi connectivity index (χ2v) is 6.07. The van der Waals surface area contributed by atoms with Gasteiger partial charge in [0.05, 0.1) is 0 Å². The fourth-order valence-electron chi connectivity index (χ4n) is 2.84. The standard InChI is InChI=1S/C19H27N/c1-4-20-18(13-12-15(2)3)14-17-10-7-9-16-8-5-6-11-19(16)17/h5-11,15,18,20H,4,12-14H2,1-3H3. The monoisotopic (exact) mass is 269 g/mol. The van der Waals surface area contributed by atoms with Crippen molar-refractivity contribution >= 4 is 10.8 Å². The van der Waals surface area contributed by atoms with Crippen LogP contribution in [0.3, 0.4) is 0 Å². The minimum absolute atomic E-state index is 0.591. The van der Waals surface area contributed by atoms with E-state index in [1.54, 1.807) is 0 Å². The van der Waals surface area contributed by atoms with Crippen LogP contribution in [-0.2, 0) is 6.42 Å². The van der Waals surface area contributed by atoms with Crippen LogP contribution in [0, 0.1) is 5.92 Å². The van der Waals surface area contributed by atoms with Crippen molar-refractivity contribution in [1.82, 2.24) is 5.32 Å². The number of likely N-dealkylation sites (N-methyl/N-ethyl adjacent to an activating group) is 1. The van der Waals surface area contributed by atoms with Crippen LogP contribution in [0.5, 0.6) is 0 Å². The van der Waals surface area contributed by atoms with E-state index in [2.05, 4.69) is 68.6 Å². The van der Waals surface area contributed by atoms with E-state index in [-0.39, 0.29) is 0 Å². The van der Waals surface area contributed by atoms with Gasteiger partial charge in [0.1, 0.15) is 0 Å². The largest absolute Gasteiger partial charge is 0.314 e. The highest BCUT2D eigenvalue weighted by Crippen LogP contribution is 2.21. The number of benzene rings is 2. The van der Waals surface area contributed by atoms with Crippen molar-refractivity contribution < 1.29 is 0 Å². The third kappa shape index (κ3) is 4.08. The van der Waals surface area contributed by atoms with Crippen LogP contribution in [0.2, 0.25) is 0 Å². The summed E-state index contributed by atoms with van der Waals surface area (Å²) in [5.74, 6) is 0.781. The molecule has 0 radical (unpaired) electrons. The summed E-state index contributed by atoms with van der Waals surface area (Å²) in [6.45, 7) is 7.86. The van der Waals surface area contributed by atoms with Crippen LogP contribution in [0.25, 0.3) is 10.8 Å². The van der Waals surface area contributed by atoms with Gasteiger partial charge in [0.15, 0.2) is 0 Å². The first-order valence-electron chi connectivity index (χ1n) is 7.90. The first-order chi connectivity index (χ1) is 9.70. The average molecular weight is 269 g/mol. The highest BCUT2D eigenvalue weighted by molar-refractivity contribution is 5.85. The lowest BCUT2D eigenvalue weighted by atomic mass is 9.94. The Kier molecular flexibility index (Phi) is 5.60. The zero-order chi connectivity index (χ0) is 14.4. The summed E-state index contributed by atoms with van der Waals surface area (Å²) in [5, 5.41) is 6.41. The van der Waals surface area contributed by atoms with Crippen LogP contribution in [0.1, 0.15) is 39.2 Å². The summed E-state index contributed by atoms with van der Waals surface area (Å²) in [5.41, 5.74) is 1.47. The molecule has 0 aromatic heterocycles. The quantitative estimate of drug-likeness (QED) is 0.761. The van der Waals surface area contributed by atoms with Gasteiger partial charge >= 0.3 is 0 Å². The van der Waals surface area contributed by atoms with Crippen molar-refractivity contribution in [3.63, 3.8) is 0 Å². The summed E-state index contributed by atoms with van der Waals surface area (Å²) < 4.78 is 0. The molecule has 1 unspecified atom stereocenters. The zero-order valence-electron chi connectivity index (χ0n) is 13.0. The van der Waals surface area contributed by atoms with E-state index in [1.807, 2.05) is 0 Å². The Morgan fingerprint density at radius 3 is 2.45 bits per heavy atom. The van der Waals surface area contributed by atoms with Crippen molar-refractivity contribution in [3.8, 4) is 0 Å². The van der Waals surface area contributed by atoms with Crippen LogP contribution in [0.4, 0.5) is 0 Å². The predicted octanol–water partition coefficient (Wildman–Crippen LogP) is 4.80. The molecule has 0 amide bonds. The molecule has 1 N–H and O–H groups in total. The molecule has 0 saturated carbocycles. The summed E-state index contributed by atoms with van der Waals surface area (Å²) in [6.07, 6.45) is 3.68. The average Bonchev–Trinajstić information content (AvgIpc) is 2.45. The molecule has 0 heterocycles. The Labute approximate surface area is 123 Å². The molecule has 2 aromatic rings. The maximum atomic E-state index is 3.65. The molecule has 0 spiro atoms. The lowest BCUT2D eigenvalue weighted by molar-refractivity contribution is 0.435. The Morgan fingerprint density at radius 1 is 0.950 bits per heavy atom. The molecule has 0 aliphatic heterocycles. The number of fused-ring (bicyclic) bond motifs is 1. The first kappa shape index (κ1) is 15.1. The first-order valence-corrected chi connectivity index (χ1v) is 7.90. The predicted molar refractivity (Wildman–Crippen MR) is 89.2 cm³/mol. The van der Waals surface area contributed by atoms with E-state index in [9.17, 15) is 0 Å². The maximum absolute atomic E-state index is 3.65. The van der Waals surface area contributed by atoms with E-state index in [1.165, 1.54) is 29.2 Å². The third-order valence-electron chi connectivity index (χ3n) is 3.93. The Hall–Kier alpha value is -1.34. The van der Waals surface area contributed by atoms with E-state index in [0.29, 0.717) is 6.04 Å². The van der Waals surface area contributed by atoms with Gasteiger partial charge in [-0.2, -0.15) is 0 Å². The van der Waals surface area contributed by atoms with Gasteiger partial charge < -0.3 is 5.32 Å². The van der Waals surface area contributed by atoms with Gasteiger partial charge in [0.25, 0.3) is 0 Å². The minimum Gasteiger partial charge on any atom is -0.314 e. The van der Waals surface area contributed by atoms with Gasteiger partial charge in [-0.15, -0.1) is 0 Å². The van der Waals surface area contributed by atoms with E-state index in [4.69, 9.17) is 0 Å². The summed E-state index contributed by atoms with van der Waals surface area (Å²) in [7, 11) is 0. The minimum atomic E-state index is 0.591. The highest BCUT2D eigenvalue weighted by atomic mass is 14.9. The molecule has 0 fully saturated rings. The van der Waals surface area contributed by atoms with Gasteiger partial charge in [0, 0.05) is 6.04 Å². The fourth-order valence-corrected chi connectivity index (χ4v) is 2.84. The number of hydrogen-bond acceptors (Lipinski definition) is 1. The van der Waals surface area contributed by atoms with Gasteiger partial charge in [-0.3, -0.25) is 0 Å². The van der Waals surface area contributed by atoms with Crippen LogP contribution >= 0.6 is 0 Å². The van der Waals surface area contributed by atoms with Gasteiger partial charge in [-0.25, -0.2) is 0 Å². The summed E-state index contributed by atoms with van der Waals surface area (Å²) >= 11 is 0. The molecular weight excluding hydrogens is 242 g/mol. The number of hydrogen-bond donors (Lipinski definition) is 1. The van der Waals surface area contributed by atoms with Crippen LogP contribution in [-0.4, -0.2) is 12.6 Å². The second-order valence-electron chi connectivity index (χ2n) is 6.07. The molecule has 1 nitrogen and oxygen atoms in total. The smallest absolute Gasteiger partial charge is 0.0108 e. The fraction of sp³-hybridized carbons (Fsp3) is 0.474. The van der Waals surface area contributed by atoms with Crippen molar-refractivity contribution in [1.29, 1.82) is 0 Å². The Balaban J connectivity index is 2.15. The Bertz CT molecular complexity index is 525. The van der Waals surface area contributed by atoms with Gasteiger partial charge in [-0.05, 0) is 48.1 Å². The Morgan fingerprint density at radius 2 is 1.70 bits per heavy atom. The van der Waals surface area contributed by atoms with E-state index in [0.717, 1.165) is 18.9 Å². The van der Waals surface area contributed by atoms with Crippen LogP contribution in [0.15, 0.2) is 42.5 Å². The number of nitrogens with one attached hydrogen (secondary N) is 1. The van der Waals surface area contributed by atoms with Gasteiger partial charge in [-0.1, -0.05) is 63.2 Å². The summed E-state index contributed by atoms with van der Waals surface area (Å²) in [6, 6.07) is 16.0. The topological polar surface area (TPSA) is 12.0 Å². The maximum Gasteiger partial charge on any atom is 0.0108 e. The lowest BCUT2D eigenvalue weighted by Crippen LogP contribution is -2.31. The molecular formula is C19H27N. The molecule has 2 rings (SSSR count). The van der Waals surface area contributed by atoms with Crippen molar-refractivity contribution in [2.24, 2.45) is 5.92 Å². The molecule has 0 aliphatic carbocycles. The van der Waals surface area contributed by atoms with Crippen molar-refractivity contribution in [2.75, 3.05) is 6.54 Å². The molecule has 0 saturated heterocycles. The summed E-state index contributed by atoms with van der Waals surface area (Å²) in [4.78, 5) is 0. The molecule has 0 aliphatic rings. The molecule has 0 bridgehead atoms.